The summed E-state index contributed by atoms with van der Waals surface area (Å²) in [4.78, 5) is 9.89. The molecule has 0 bridgehead atoms. The van der Waals surface area contributed by atoms with E-state index in [0.717, 1.165) is 0 Å². The van der Waals surface area contributed by atoms with E-state index in [1.165, 1.54) is 0 Å². The number of nitrogens with two attached hydrogens (primary N) is 1. The summed E-state index contributed by atoms with van der Waals surface area (Å²) in [6, 6.07) is 0. The average molecular weight is 170 g/mol. The summed E-state index contributed by atoms with van der Waals surface area (Å²) in [5.41, 5.74) is 4.59. The molecule has 0 rings (SSSR count). The first kappa shape index (κ1) is 12.1. The van der Waals surface area contributed by atoms with Crippen molar-refractivity contribution in [3.05, 3.63) is 0 Å². The smallest absolute Gasteiger partial charge is 0.265 e. The van der Waals surface area contributed by atoms with Gasteiger partial charge in [-0.1, -0.05) is 0 Å². The summed E-state index contributed by atoms with van der Waals surface area (Å²) >= 11 is 0. The Bertz CT molecular complexity index is 197. The number of carbonyl (C=O) groups is 1. The Hall–Kier alpha value is -0.660. The number of rotatable bonds is 3. The Morgan fingerprint density at radius 2 is 1.90 bits per heavy atom. The third kappa shape index (κ3) is 10.3. The zero-order valence-corrected chi connectivity index (χ0v) is 6.10. The van der Waals surface area contributed by atoms with Crippen molar-refractivity contribution in [3.63, 3.8) is 0 Å². The molecule has 0 aliphatic heterocycles. The Balaban J connectivity index is 0. The van der Waals surface area contributed by atoms with E-state index in [1.807, 2.05) is 0 Å². The second-order valence-electron chi connectivity index (χ2n) is 1.50. The number of hydrogen-bond acceptors (Lipinski definition) is 4. The van der Waals surface area contributed by atoms with Crippen molar-refractivity contribution in [1.82, 2.24) is 6.15 Å². The maximum absolute atomic E-state index is 9.89. The molecule has 0 saturated carbocycles. The fourth-order valence-electron chi connectivity index (χ4n) is 0.230. The van der Waals surface area contributed by atoms with E-state index in [0.29, 0.717) is 0 Å². The second kappa shape index (κ2) is 4.20. The lowest BCUT2D eigenvalue weighted by atomic mass is 10.5. The van der Waals surface area contributed by atoms with E-state index >= 15 is 0 Å². The second-order valence-corrected chi connectivity index (χ2v) is 3.07. The van der Waals surface area contributed by atoms with Gasteiger partial charge in [-0.15, -0.1) is 0 Å². The maximum Gasteiger partial charge on any atom is 0.265 e. The minimum absolute atomic E-state index is 0. The highest BCUT2D eigenvalue weighted by molar-refractivity contribution is 7.85. The van der Waals surface area contributed by atoms with E-state index in [4.69, 9.17) is 4.55 Å². The van der Waals surface area contributed by atoms with Crippen molar-refractivity contribution in [1.29, 1.82) is 0 Å². The summed E-state index contributed by atoms with van der Waals surface area (Å²) in [6.07, 6.45) is -0.334. The quantitative estimate of drug-likeness (QED) is 0.463. The van der Waals surface area contributed by atoms with Crippen LogP contribution in [0.3, 0.4) is 0 Å². The molecule has 6 N–H and O–H groups in total. The Labute approximate surface area is 58.7 Å². The van der Waals surface area contributed by atoms with Crippen LogP contribution in [-0.4, -0.2) is 24.6 Å². The third-order valence-electron chi connectivity index (χ3n) is 0.606. The molecule has 0 saturated heterocycles. The molecular weight excluding hydrogens is 160 g/mol. The van der Waals surface area contributed by atoms with Crippen LogP contribution in [0.1, 0.15) is 6.42 Å². The minimum Gasteiger partial charge on any atom is -0.370 e. The van der Waals surface area contributed by atoms with E-state index < -0.39 is 21.8 Å². The summed E-state index contributed by atoms with van der Waals surface area (Å²) in [7, 11) is -4.02. The van der Waals surface area contributed by atoms with E-state index in [1.54, 1.807) is 0 Å². The standard InChI is InChI=1S/C3H7NO4S.H3N/c4-3(5)1-2-9(6,7)8;/h1-2H2,(H2,4,5)(H,6,7,8);1H3. The predicted octanol–water partition coefficient (Wildman–Crippen LogP) is -1.09. The van der Waals surface area contributed by atoms with Gasteiger partial charge < -0.3 is 11.9 Å². The van der Waals surface area contributed by atoms with Crippen LogP contribution in [0, 0.1) is 0 Å². The van der Waals surface area contributed by atoms with Gasteiger partial charge in [-0.2, -0.15) is 8.42 Å². The van der Waals surface area contributed by atoms with Crippen LogP contribution in [0.2, 0.25) is 0 Å². The Kier molecular flexibility index (Phi) is 5.07. The summed E-state index contributed by atoms with van der Waals surface area (Å²) in [5, 5.41) is 0. The lowest BCUT2D eigenvalue weighted by molar-refractivity contribution is -0.117. The first-order valence-electron chi connectivity index (χ1n) is 2.15. The summed E-state index contributed by atoms with van der Waals surface area (Å²) in [6.45, 7) is 0. The zero-order chi connectivity index (χ0) is 7.49. The van der Waals surface area contributed by atoms with Crippen molar-refractivity contribution in [3.8, 4) is 0 Å². The molecule has 0 aromatic heterocycles. The highest BCUT2D eigenvalue weighted by atomic mass is 32.2. The van der Waals surface area contributed by atoms with Gasteiger partial charge in [0.1, 0.15) is 0 Å². The molecule has 10 heavy (non-hydrogen) atoms. The lowest BCUT2D eigenvalue weighted by Crippen LogP contribution is -2.16. The van der Waals surface area contributed by atoms with Crippen molar-refractivity contribution < 1.29 is 17.8 Å². The molecule has 0 radical (unpaired) electrons. The summed E-state index contributed by atoms with van der Waals surface area (Å²) < 4.78 is 27.8. The minimum atomic E-state index is -4.02. The fourth-order valence-corrected chi connectivity index (χ4v) is 0.689. The molecule has 0 aliphatic carbocycles. The first-order valence-corrected chi connectivity index (χ1v) is 3.76. The molecule has 0 unspecified atom stereocenters. The summed E-state index contributed by atoms with van der Waals surface area (Å²) in [5.74, 6) is -1.34. The average Bonchev–Trinajstić information content (AvgIpc) is 1.59. The number of amides is 1. The molecule has 0 fully saturated rings. The molecule has 0 spiro atoms. The van der Waals surface area contributed by atoms with Crippen LogP contribution in [0.5, 0.6) is 0 Å². The zero-order valence-electron chi connectivity index (χ0n) is 5.28. The van der Waals surface area contributed by atoms with Gasteiger partial charge >= 0.3 is 0 Å². The number of hydrogen-bond donors (Lipinski definition) is 3. The number of primary amides is 1. The van der Waals surface area contributed by atoms with Gasteiger partial charge in [0.15, 0.2) is 0 Å². The largest absolute Gasteiger partial charge is 0.370 e. The van der Waals surface area contributed by atoms with Gasteiger partial charge in [0.25, 0.3) is 10.1 Å². The fraction of sp³-hybridized carbons (Fsp3) is 0.667. The molecule has 0 aliphatic rings. The van der Waals surface area contributed by atoms with Crippen molar-refractivity contribution in [2.24, 2.45) is 5.73 Å². The van der Waals surface area contributed by atoms with Crippen LogP contribution < -0.4 is 11.9 Å². The third-order valence-corrected chi connectivity index (χ3v) is 1.33. The van der Waals surface area contributed by atoms with Gasteiger partial charge in [0, 0.05) is 6.42 Å². The van der Waals surface area contributed by atoms with Gasteiger partial charge in [-0.05, 0) is 0 Å². The van der Waals surface area contributed by atoms with Gasteiger partial charge in [0.2, 0.25) is 5.91 Å². The Morgan fingerprint density at radius 1 is 1.50 bits per heavy atom. The molecule has 6 nitrogen and oxygen atoms in total. The molecule has 62 valence electrons. The topological polar surface area (TPSA) is 132 Å². The molecule has 0 atom stereocenters. The lowest BCUT2D eigenvalue weighted by Gasteiger charge is -1.90. The van der Waals surface area contributed by atoms with Crippen LogP contribution >= 0.6 is 0 Å². The molecule has 0 aromatic rings. The molecule has 7 heteroatoms. The predicted molar refractivity (Wildman–Crippen MR) is 35.2 cm³/mol. The maximum atomic E-state index is 9.89. The van der Waals surface area contributed by atoms with Crippen molar-refractivity contribution in [2.75, 3.05) is 5.75 Å². The molecule has 1 amide bonds. The Morgan fingerprint density at radius 3 is 2.00 bits per heavy atom. The van der Waals surface area contributed by atoms with Gasteiger partial charge in [-0.25, -0.2) is 0 Å². The normalized spacial score (nSPS) is 10.1. The SMILES string of the molecule is N.NC(=O)CCS(=O)(=O)O. The van der Waals surface area contributed by atoms with Gasteiger partial charge in [-0.3, -0.25) is 9.35 Å². The van der Waals surface area contributed by atoms with E-state index in [2.05, 4.69) is 5.73 Å². The molecular formula is C3H10N2O4S. The van der Waals surface area contributed by atoms with Crippen LogP contribution in [0.4, 0.5) is 0 Å². The molecule has 0 aromatic carbocycles. The number of carbonyl (C=O) groups excluding carboxylic acids is 1. The van der Waals surface area contributed by atoms with Crippen LogP contribution in [0.25, 0.3) is 0 Å². The van der Waals surface area contributed by atoms with Crippen LogP contribution in [0.15, 0.2) is 0 Å². The highest BCUT2D eigenvalue weighted by Gasteiger charge is 2.05. The van der Waals surface area contributed by atoms with Crippen molar-refractivity contribution in [2.45, 2.75) is 6.42 Å². The van der Waals surface area contributed by atoms with Gasteiger partial charge in [0.05, 0.1) is 5.75 Å². The van der Waals surface area contributed by atoms with Crippen LogP contribution in [-0.2, 0) is 14.9 Å². The first-order chi connectivity index (χ1) is 3.92. The van der Waals surface area contributed by atoms with E-state index in [9.17, 15) is 13.2 Å². The van der Waals surface area contributed by atoms with Crippen molar-refractivity contribution >= 4 is 16.0 Å². The highest BCUT2D eigenvalue weighted by Crippen LogP contribution is 1.85. The molecule has 0 heterocycles. The monoisotopic (exact) mass is 170 g/mol. The van der Waals surface area contributed by atoms with E-state index in [-0.39, 0.29) is 12.6 Å².